The van der Waals surface area contributed by atoms with Gasteiger partial charge in [-0.05, 0) is 31.2 Å². The molecule has 1 atom stereocenters. The number of anilines is 1. The van der Waals surface area contributed by atoms with Gasteiger partial charge in [-0.25, -0.2) is 0 Å². The maximum Gasteiger partial charge on any atom is 0.257 e. The van der Waals surface area contributed by atoms with Gasteiger partial charge in [0.2, 0.25) is 0 Å². The number of aromatic amines is 1. The van der Waals surface area contributed by atoms with Crippen LogP contribution < -0.4 is 5.32 Å². The van der Waals surface area contributed by atoms with Crippen LogP contribution in [0, 0.1) is 6.92 Å². The molecule has 4 rings (SSSR count). The molecule has 23 heavy (non-hydrogen) atoms. The lowest BCUT2D eigenvalue weighted by atomic mass is 10.0. The minimum absolute atomic E-state index is 0.0212. The van der Waals surface area contributed by atoms with Gasteiger partial charge in [-0.3, -0.25) is 9.89 Å². The van der Waals surface area contributed by atoms with Crippen molar-refractivity contribution < 1.29 is 9.21 Å². The molecule has 0 unspecified atom stereocenters. The highest BCUT2D eigenvalue weighted by atomic mass is 16.3. The zero-order chi connectivity index (χ0) is 16.0. The van der Waals surface area contributed by atoms with Crippen molar-refractivity contribution in [3.05, 3.63) is 59.5 Å². The zero-order valence-electron chi connectivity index (χ0n) is 12.8. The van der Waals surface area contributed by atoms with Crippen molar-refractivity contribution in [2.75, 3.05) is 12.4 Å². The number of furan rings is 1. The van der Waals surface area contributed by atoms with Gasteiger partial charge in [0.15, 0.2) is 5.76 Å². The van der Waals surface area contributed by atoms with Crippen molar-refractivity contribution in [3.8, 4) is 11.5 Å². The van der Waals surface area contributed by atoms with E-state index in [9.17, 15) is 4.79 Å². The number of para-hydroxylation sites is 1. The molecule has 3 aromatic rings. The van der Waals surface area contributed by atoms with Crippen LogP contribution in [0.15, 0.2) is 47.0 Å². The summed E-state index contributed by atoms with van der Waals surface area (Å²) in [4.78, 5) is 14.3. The van der Waals surface area contributed by atoms with Gasteiger partial charge in [0.05, 0.1) is 11.8 Å². The van der Waals surface area contributed by atoms with Crippen LogP contribution in [0.1, 0.15) is 27.8 Å². The number of hydrogen-bond donors (Lipinski definition) is 2. The van der Waals surface area contributed by atoms with Gasteiger partial charge in [0.25, 0.3) is 5.91 Å². The van der Waals surface area contributed by atoms with Gasteiger partial charge >= 0.3 is 0 Å². The molecule has 3 heterocycles. The Hall–Kier alpha value is -3.02. The van der Waals surface area contributed by atoms with Crippen LogP contribution in [0.25, 0.3) is 11.5 Å². The van der Waals surface area contributed by atoms with Crippen molar-refractivity contribution in [1.29, 1.82) is 0 Å². The Labute approximate surface area is 133 Å². The Morgan fingerprint density at radius 3 is 2.83 bits per heavy atom. The zero-order valence-corrected chi connectivity index (χ0v) is 12.8. The quantitative estimate of drug-likeness (QED) is 0.762. The fourth-order valence-corrected chi connectivity index (χ4v) is 2.90. The lowest BCUT2D eigenvalue weighted by Crippen LogP contribution is -2.40. The average molecular weight is 308 g/mol. The van der Waals surface area contributed by atoms with E-state index in [1.165, 1.54) is 0 Å². The smallest absolute Gasteiger partial charge is 0.257 e. The third-order valence-corrected chi connectivity index (χ3v) is 4.11. The second kappa shape index (κ2) is 5.01. The van der Waals surface area contributed by atoms with E-state index in [0.29, 0.717) is 11.3 Å². The van der Waals surface area contributed by atoms with Crippen LogP contribution >= 0.6 is 0 Å². The third-order valence-electron chi connectivity index (χ3n) is 4.11. The SMILES string of the molecule is Cc1ccc(-c2[nH]ncc2[C@@H]2Nc3ccccc3C(=O)N2C)o1. The molecule has 0 aliphatic carbocycles. The van der Waals surface area contributed by atoms with Crippen LogP contribution in [-0.2, 0) is 0 Å². The number of rotatable bonds is 2. The van der Waals surface area contributed by atoms with E-state index < -0.39 is 0 Å². The standard InChI is InChI=1S/C17H16N4O2/c1-10-7-8-14(23-10)15-12(9-18-20-15)16-19-13-6-4-3-5-11(13)17(22)21(16)2/h3-9,16,19H,1-2H3,(H,18,20)/t16-/m1/s1. The number of hydrogen-bond acceptors (Lipinski definition) is 4. The number of benzene rings is 1. The predicted octanol–water partition coefficient (Wildman–Crippen LogP) is 3.17. The number of nitrogens with one attached hydrogen (secondary N) is 2. The van der Waals surface area contributed by atoms with E-state index in [1.807, 2.05) is 43.3 Å². The number of fused-ring (bicyclic) bond motifs is 1. The fourth-order valence-electron chi connectivity index (χ4n) is 2.90. The molecule has 0 radical (unpaired) electrons. The molecule has 6 heteroatoms. The van der Waals surface area contributed by atoms with Gasteiger partial charge in [-0.15, -0.1) is 0 Å². The van der Waals surface area contributed by atoms with E-state index in [4.69, 9.17) is 4.42 Å². The molecule has 2 N–H and O–H groups in total. The first-order valence-electron chi connectivity index (χ1n) is 7.38. The molecule has 1 amide bonds. The van der Waals surface area contributed by atoms with Crippen molar-refractivity contribution in [3.63, 3.8) is 0 Å². The molecule has 0 saturated heterocycles. The second-order valence-electron chi connectivity index (χ2n) is 5.62. The van der Waals surface area contributed by atoms with Crippen molar-refractivity contribution in [2.24, 2.45) is 0 Å². The van der Waals surface area contributed by atoms with Crippen LogP contribution in [0.2, 0.25) is 0 Å². The Kier molecular flexibility index (Phi) is 2.97. The summed E-state index contributed by atoms with van der Waals surface area (Å²) < 4.78 is 5.69. The molecule has 0 spiro atoms. The summed E-state index contributed by atoms with van der Waals surface area (Å²) in [7, 11) is 1.78. The number of aromatic nitrogens is 2. The Morgan fingerprint density at radius 2 is 2.04 bits per heavy atom. The van der Waals surface area contributed by atoms with E-state index in [-0.39, 0.29) is 12.1 Å². The molecule has 1 aromatic carbocycles. The molecule has 1 aliphatic rings. The lowest BCUT2D eigenvalue weighted by molar-refractivity contribution is 0.0736. The highest BCUT2D eigenvalue weighted by Crippen LogP contribution is 2.35. The highest BCUT2D eigenvalue weighted by Gasteiger charge is 2.32. The molecular formula is C17H16N4O2. The summed E-state index contributed by atoms with van der Waals surface area (Å²) in [6.45, 7) is 1.89. The largest absolute Gasteiger partial charge is 0.460 e. The monoisotopic (exact) mass is 308 g/mol. The summed E-state index contributed by atoms with van der Waals surface area (Å²) in [6.07, 6.45) is 1.42. The normalized spacial score (nSPS) is 17.0. The number of amides is 1. The molecule has 0 fully saturated rings. The molecule has 1 aliphatic heterocycles. The van der Waals surface area contributed by atoms with Crippen molar-refractivity contribution >= 4 is 11.6 Å². The molecule has 2 aromatic heterocycles. The molecule has 6 nitrogen and oxygen atoms in total. The second-order valence-corrected chi connectivity index (χ2v) is 5.62. The summed E-state index contributed by atoms with van der Waals surface area (Å²) in [6, 6.07) is 11.3. The van der Waals surface area contributed by atoms with E-state index in [2.05, 4.69) is 15.5 Å². The fraction of sp³-hybridized carbons (Fsp3) is 0.176. The summed E-state index contributed by atoms with van der Waals surface area (Å²) in [5.41, 5.74) is 3.13. The Bertz CT molecular complexity index is 880. The van der Waals surface area contributed by atoms with Gasteiger partial charge in [-0.2, -0.15) is 5.10 Å². The van der Waals surface area contributed by atoms with Gasteiger partial charge in [0.1, 0.15) is 17.6 Å². The number of aryl methyl sites for hydroxylation is 1. The van der Waals surface area contributed by atoms with E-state index in [1.54, 1.807) is 18.1 Å². The first-order valence-corrected chi connectivity index (χ1v) is 7.38. The highest BCUT2D eigenvalue weighted by molar-refractivity contribution is 6.01. The number of carbonyl (C=O) groups excluding carboxylic acids is 1. The van der Waals surface area contributed by atoms with Crippen LogP contribution in [0.3, 0.4) is 0 Å². The average Bonchev–Trinajstić information content (AvgIpc) is 3.19. The topological polar surface area (TPSA) is 74.2 Å². The lowest BCUT2D eigenvalue weighted by Gasteiger charge is -2.35. The van der Waals surface area contributed by atoms with Crippen molar-refractivity contribution in [1.82, 2.24) is 15.1 Å². The Morgan fingerprint density at radius 1 is 1.22 bits per heavy atom. The van der Waals surface area contributed by atoms with Crippen LogP contribution in [0.5, 0.6) is 0 Å². The minimum atomic E-state index is -0.309. The Balaban J connectivity index is 1.78. The molecule has 0 saturated carbocycles. The first-order chi connectivity index (χ1) is 11.1. The van der Waals surface area contributed by atoms with E-state index in [0.717, 1.165) is 22.7 Å². The summed E-state index contributed by atoms with van der Waals surface area (Å²) in [5.74, 6) is 1.51. The summed E-state index contributed by atoms with van der Waals surface area (Å²) in [5, 5.41) is 10.5. The molecular weight excluding hydrogens is 292 g/mol. The van der Waals surface area contributed by atoms with Crippen molar-refractivity contribution in [2.45, 2.75) is 13.1 Å². The number of H-pyrrole nitrogens is 1. The van der Waals surface area contributed by atoms with Crippen LogP contribution in [-0.4, -0.2) is 28.1 Å². The maximum atomic E-state index is 12.6. The third kappa shape index (κ3) is 2.11. The number of nitrogens with zero attached hydrogens (tertiary/aromatic N) is 2. The van der Waals surface area contributed by atoms with Gasteiger partial charge in [-0.1, -0.05) is 12.1 Å². The van der Waals surface area contributed by atoms with Crippen LogP contribution in [0.4, 0.5) is 5.69 Å². The summed E-state index contributed by atoms with van der Waals surface area (Å²) >= 11 is 0. The van der Waals surface area contributed by atoms with Gasteiger partial charge in [0, 0.05) is 18.3 Å². The molecule has 116 valence electrons. The van der Waals surface area contributed by atoms with Gasteiger partial charge < -0.3 is 14.6 Å². The van der Waals surface area contributed by atoms with E-state index >= 15 is 0 Å². The maximum absolute atomic E-state index is 12.6. The molecule has 0 bridgehead atoms. The predicted molar refractivity (Wildman–Crippen MR) is 85.9 cm³/mol. The first kappa shape index (κ1) is 13.6. The minimum Gasteiger partial charge on any atom is -0.460 e. The number of carbonyl (C=O) groups is 1.